The van der Waals surface area contributed by atoms with Crippen LogP contribution in [0.3, 0.4) is 0 Å². The van der Waals surface area contributed by atoms with Crippen LogP contribution in [0, 0.1) is 0 Å². The third kappa shape index (κ3) is 54.2. The third-order valence-electron chi connectivity index (χ3n) is 11.3. The quantitative estimate of drug-likeness (QED) is 0.0197. The number of hydrogen-bond donors (Lipinski definition) is 2. The van der Waals surface area contributed by atoms with Crippen molar-refractivity contribution >= 4 is 25.7 Å². The van der Waals surface area contributed by atoms with E-state index in [0.717, 1.165) is 135 Å². The summed E-state index contributed by atoms with van der Waals surface area (Å²) in [5.74, 6) is -1.66. The molecule has 0 bridgehead atoms. The van der Waals surface area contributed by atoms with Gasteiger partial charge in [-0.05, 0) is 116 Å². The lowest BCUT2D eigenvalue weighted by Gasteiger charge is -2.21. The summed E-state index contributed by atoms with van der Waals surface area (Å²) in [6.07, 6.45) is 72.6. The summed E-state index contributed by atoms with van der Waals surface area (Å²) in [7, 11) is -4.79. The lowest BCUT2D eigenvalue weighted by Crippen LogP contribution is -2.30. The second-order valence-corrected chi connectivity index (χ2v) is 19.8. The summed E-state index contributed by atoms with van der Waals surface area (Å²) in [5, 5.41) is 9.80. The number of carbonyl (C=O) groups excluding carboxylic acids is 3. The van der Waals surface area contributed by atoms with Gasteiger partial charge in [0, 0.05) is 12.8 Å². The Balaban J connectivity index is 4.89. The Morgan fingerprint density at radius 2 is 0.697 bits per heavy atom. The number of phosphoric ester groups is 1. The van der Waals surface area contributed by atoms with Gasteiger partial charge < -0.3 is 24.2 Å². The fourth-order valence-electron chi connectivity index (χ4n) is 7.02. The molecule has 0 aliphatic carbocycles. The van der Waals surface area contributed by atoms with Crippen LogP contribution >= 0.6 is 7.82 Å². The second kappa shape index (κ2) is 56.6. The summed E-state index contributed by atoms with van der Waals surface area (Å²) in [6, 6.07) is 0. The zero-order chi connectivity index (χ0) is 55.5. The molecule has 0 aliphatic rings. The first-order valence-corrected chi connectivity index (χ1v) is 30.2. The van der Waals surface area contributed by atoms with E-state index < -0.39 is 57.8 Å². The van der Waals surface area contributed by atoms with Crippen LogP contribution in [0.2, 0.25) is 0 Å². The molecule has 0 aromatic heterocycles. The first-order valence-electron chi connectivity index (χ1n) is 28.7. The average Bonchev–Trinajstić information content (AvgIpc) is 3.41. The molecule has 0 aromatic carbocycles. The van der Waals surface area contributed by atoms with Gasteiger partial charge in [0.15, 0.2) is 6.10 Å². The van der Waals surface area contributed by atoms with Gasteiger partial charge in [-0.2, -0.15) is 0 Å². The molecule has 0 rings (SSSR count). The summed E-state index contributed by atoms with van der Waals surface area (Å²) in [5.41, 5.74) is 0. The molecular formula is C64H101O11P. The van der Waals surface area contributed by atoms with Crippen LogP contribution in [0.1, 0.15) is 201 Å². The minimum Gasteiger partial charge on any atom is -0.462 e. The Kier molecular flexibility index (Phi) is 53.1. The topological polar surface area (TPSA) is 155 Å². The van der Waals surface area contributed by atoms with Crippen LogP contribution in [0.25, 0.3) is 0 Å². The van der Waals surface area contributed by atoms with Gasteiger partial charge in [0.1, 0.15) is 12.7 Å². The van der Waals surface area contributed by atoms with E-state index in [9.17, 15) is 28.9 Å². The van der Waals surface area contributed by atoms with Crippen LogP contribution in [0.4, 0.5) is 0 Å². The Morgan fingerprint density at radius 1 is 0.382 bits per heavy atom. The number of aliphatic hydroxyl groups is 1. The monoisotopic (exact) mass is 1080 g/mol. The Hall–Kier alpha value is -4.64. The van der Waals surface area contributed by atoms with Crippen molar-refractivity contribution < 1.29 is 52.2 Å². The summed E-state index contributed by atoms with van der Waals surface area (Å²) in [4.78, 5) is 48.5. The van der Waals surface area contributed by atoms with E-state index in [1.54, 1.807) is 6.08 Å². The maximum Gasteiger partial charge on any atom is 0.472 e. The first-order chi connectivity index (χ1) is 37.2. The van der Waals surface area contributed by atoms with Crippen LogP contribution in [-0.4, -0.2) is 66.5 Å². The Labute approximate surface area is 461 Å². The minimum atomic E-state index is -4.79. The van der Waals surface area contributed by atoms with E-state index in [-0.39, 0.29) is 25.9 Å². The van der Waals surface area contributed by atoms with Gasteiger partial charge in [0.2, 0.25) is 0 Å². The van der Waals surface area contributed by atoms with Crippen LogP contribution in [0.15, 0.2) is 146 Å². The largest absolute Gasteiger partial charge is 0.472 e. The number of rotatable bonds is 51. The Bertz CT molecular complexity index is 1830. The van der Waals surface area contributed by atoms with Crippen molar-refractivity contribution in [2.75, 3.05) is 26.4 Å². The molecule has 0 saturated carbocycles. The molecule has 0 heterocycles. The number of ether oxygens (including phenoxy) is 3. The molecule has 3 unspecified atom stereocenters. The molecular weight excluding hydrogens is 976 g/mol. The smallest absolute Gasteiger partial charge is 0.462 e. The minimum absolute atomic E-state index is 0.0653. The van der Waals surface area contributed by atoms with Gasteiger partial charge in [-0.15, -0.1) is 0 Å². The Morgan fingerprint density at radius 3 is 1.09 bits per heavy atom. The fourth-order valence-corrected chi connectivity index (χ4v) is 7.81. The van der Waals surface area contributed by atoms with Crippen molar-refractivity contribution in [2.24, 2.45) is 0 Å². The van der Waals surface area contributed by atoms with Gasteiger partial charge in [-0.25, -0.2) is 4.57 Å². The van der Waals surface area contributed by atoms with E-state index in [2.05, 4.69) is 142 Å². The van der Waals surface area contributed by atoms with Crippen molar-refractivity contribution in [3.05, 3.63) is 146 Å². The van der Waals surface area contributed by atoms with Crippen LogP contribution < -0.4 is 0 Å². The van der Waals surface area contributed by atoms with E-state index in [0.29, 0.717) is 19.3 Å². The lowest BCUT2D eigenvalue weighted by atomic mass is 10.1. The van der Waals surface area contributed by atoms with Crippen LogP contribution in [-0.2, 0) is 42.2 Å². The molecule has 3 atom stereocenters. The number of hydrogen-bond acceptors (Lipinski definition) is 10. The molecule has 0 amide bonds. The molecule has 428 valence electrons. The highest BCUT2D eigenvalue weighted by Crippen LogP contribution is 2.43. The summed E-state index contributed by atoms with van der Waals surface area (Å²) in [6.45, 7) is 4.13. The molecule has 0 spiro atoms. The SMILES string of the molecule is CC/C=C\C/C=C\C/C=C\C/C=C\C/C=C\CC(=O)OC(CO)COP(=O)(O)OCC(COC(=O)CCCCCCCCC/C=C\C/C=C\C/C=C\CC)OC(=O)CCCCCC/C=C\C/C=C\C/C=C\C/C=C\CC. The zero-order valence-electron chi connectivity index (χ0n) is 47.2. The predicted octanol–water partition coefficient (Wildman–Crippen LogP) is 17.1. The van der Waals surface area contributed by atoms with E-state index in [1.165, 1.54) is 6.42 Å². The highest BCUT2D eigenvalue weighted by molar-refractivity contribution is 7.47. The van der Waals surface area contributed by atoms with Gasteiger partial charge in [-0.1, -0.05) is 212 Å². The van der Waals surface area contributed by atoms with Gasteiger partial charge in [-0.3, -0.25) is 23.4 Å². The molecule has 0 aliphatic heterocycles. The van der Waals surface area contributed by atoms with Crippen LogP contribution in [0.5, 0.6) is 0 Å². The fraction of sp³-hybridized carbons (Fsp3) is 0.578. The van der Waals surface area contributed by atoms with Crippen molar-refractivity contribution in [1.29, 1.82) is 0 Å². The van der Waals surface area contributed by atoms with Gasteiger partial charge in [0.25, 0.3) is 0 Å². The van der Waals surface area contributed by atoms with E-state index in [4.69, 9.17) is 23.3 Å². The molecule has 11 nitrogen and oxygen atoms in total. The normalized spacial score (nSPS) is 14.4. The molecule has 76 heavy (non-hydrogen) atoms. The van der Waals surface area contributed by atoms with Crippen molar-refractivity contribution in [2.45, 2.75) is 213 Å². The first kappa shape index (κ1) is 71.4. The molecule has 0 radical (unpaired) electrons. The molecule has 2 N–H and O–H groups in total. The number of carbonyl (C=O) groups is 3. The number of allylic oxidation sites excluding steroid dienone is 23. The highest BCUT2D eigenvalue weighted by atomic mass is 31.2. The summed E-state index contributed by atoms with van der Waals surface area (Å²) >= 11 is 0. The molecule has 0 aromatic rings. The molecule has 12 heteroatoms. The lowest BCUT2D eigenvalue weighted by molar-refractivity contribution is -0.161. The number of unbranched alkanes of at least 4 members (excludes halogenated alkanes) is 11. The number of aliphatic hydroxyl groups excluding tert-OH is 1. The number of phosphoric acid groups is 1. The van der Waals surface area contributed by atoms with E-state index >= 15 is 0 Å². The van der Waals surface area contributed by atoms with Crippen molar-refractivity contribution in [3.63, 3.8) is 0 Å². The highest BCUT2D eigenvalue weighted by Gasteiger charge is 2.28. The zero-order valence-corrected chi connectivity index (χ0v) is 48.0. The second-order valence-electron chi connectivity index (χ2n) is 18.3. The maximum absolute atomic E-state index is 12.9. The molecule has 0 saturated heterocycles. The van der Waals surface area contributed by atoms with Crippen molar-refractivity contribution in [1.82, 2.24) is 0 Å². The average molecular weight is 1080 g/mol. The third-order valence-corrected chi connectivity index (χ3v) is 12.2. The predicted molar refractivity (Wildman–Crippen MR) is 316 cm³/mol. The standard InChI is InChI=1S/C64H101O11P/c1-4-7-10-13-16-19-22-25-28-30-33-35-38-41-44-47-50-53-62(66)71-57-61(75-64(68)55-52-49-46-43-40-37-34-31-29-26-23-20-17-14-11-8-5-2)59-73-76(69,70)72-58-60(56-65)74-63(67)54-51-48-45-42-39-36-32-27-24-21-18-15-12-9-6-3/h7-12,16-21,25-29,32,34,37,39,42,48,51,60-61,65H,4-6,13-15,22-24,30-31,33,35-36,38,40-41,43-47,49-50,52-59H2,1-3H3,(H,69,70)/b10-7-,11-8-,12-9-,19-16-,20-17-,21-18-,28-25-,29-26-,32-27-,37-34-,42-39-,51-48-. The van der Waals surface area contributed by atoms with Gasteiger partial charge >= 0.3 is 25.7 Å². The molecule has 0 fully saturated rings. The van der Waals surface area contributed by atoms with E-state index in [1.807, 2.05) is 18.2 Å². The summed E-state index contributed by atoms with van der Waals surface area (Å²) < 4.78 is 39.4. The van der Waals surface area contributed by atoms with Crippen molar-refractivity contribution in [3.8, 4) is 0 Å². The number of esters is 3. The van der Waals surface area contributed by atoms with Gasteiger partial charge in [0.05, 0.1) is 26.2 Å². The maximum atomic E-state index is 12.9.